The predicted molar refractivity (Wildman–Crippen MR) is 48.1 cm³/mol. The molecule has 1 aromatic carbocycles. The minimum absolute atomic E-state index is 0.0670. The molecule has 0 aliphatic rings. The molecule has 0 heterocycles. The fourth-order valence-electron chi connectivity index (χ4n) is 0.841. The summed E-state index contributed by atoms with van der Waals surface area (Å²) in [7, 11) is 0. The smallest absolute Gasteiger partial charge is 0.330 e. The molecular weight excluding hydrogens is 168 g/mol. The molecule has 0 saturated heterocycles. The quantitative estimate of drug-likeness (QED) is 0.565. The number of phenols is 1. The van der Waals surface area contributed by atoms with Crippen LogP contribution in [0.1, 0.15) is 5.56 Å². The highest BCUT2D eigenvalue weighted by atomic mass is 16.5. The highest BCUT2D eigenvalue weighted by Crippen LogP contribution is 2.16. The number of carbonyl (C=O) groups excluding carboxylic acids is 1. The fraction of sp³-hybridized carbons (Fsp3) is 0.100. The van der Waals surface area contributed by atoms with Gasteiger partial charge in [0.05, 0.1) is 0 Å². The number of rotatable bonds is 3. The number of benzene rings is 1. The van der Waals surface area contributed by atoms with Gasteiger partial charge < -0.3 is 9.84 Å². The van der Waals surface area contributed by atoms with Crippen molar-refractivity contribution in [2.75, 3.05) is 0 Å². The number of hydrogen-bond donors (Lipinski definition) is 1. The maximum atomic E-state index is 10.7. The summed E-state index contributed by atoms with van der Waals surface area (Å²) in [6.45, 7) is 3.33. The third-order valence-electron chi connectivity index (χ3n) is 1.53. The third kappa shape index (κ3) is 2.63. The number of carbonyl (C=O) groups is 1. The van der Waals surface area contributed by atoms with Gasteiger partial charge in [0.2, 0.25) is 0 Å². The molecule has 0 radical (unpaired) electrons. The molecule has 0 unspecified atom stereocenters. The van der Waals surface area contributed by atoms with Crippen molar-refractivity contribution in [3.8, 4) is 5.75 Å². The number of aromatic hydroxyl groups is 1. The van der Waals surface area contributed by atoms with Gasteiger partial charge in [-0.25, -0.2) is 4.79 Å². The molecule has 0 bridgehead atoms. The van der Waals surface area contributed by atoms with Crippen LogP contribution in [0, 0.1) is 0 Å². The van der Waals surface area contributed by atoms with Crippen LogP contribution >= 0.6 is 0 Å². The van der Waals surface area contributed by atoms with E-state index < -0.39 is 5.97 Å². The number of para-hydroxylation sites is 1. The summed E-state index contributed by atoms with van der Waals surface area (Å²) in [5, 5.41) is 9.28. The Labute approximate surface area is 76.3 Å². The molecular formula is C10H10O3. The lowest BCUT2D eigenvalue weighted by atomic mass is 10.2. The molecule has 1 N–H and O–H groups in total. The summed E-state index contributed by atoms with van der Waals surface area (Å²) in [6, 6.07) is 6.69. The SMILES string of the molecule is C=CC(=O)OCc1ccccc1O. The lowest BCUT2D eigenvalue weighted by Crippen LogP contribution is -2.00. The molecule has 68 valence electrons. The first-order valence-electron chi connectivity index (χ1n) is 3.80. The zero-order chi connectivity index (χ0) is 9.68. The average Bonchev–Trinajstić information content (AvgIpc) is 2.16. The van der Waals surface area contributed by atoms with E-state index in [1.165, 1.54) is 6.07 Å². The summed E-state index contributed by atoms with van der Waals surface area (Å²) < 4.78 is 4.74. The fourth-order valence-corrected chi connectivity index (χ4v) is 0.841. The second kappa shape index (κ2) is 4.30. The third-order valence-corrected chi connectivity index (χ3v) is 1.53. The summed E-state index contributed by atoms with van der Waals surface area (Å²) in [5.41, 5.74) is 0.581. The molecule has 0 atom stereocenters. The van der Waals surface area contributed by atoms with E-state index in [0.29, 0.717) is 5.56 Å². The minimum Gasteiger partial charge on any atom is -0.508 e. The number of hydrogen-bond acceptors (Lipinski definition) is 3. The lowest BCUT2D eigenvalue weighted by molar-refractivity contribution is -0.138. The molecule has 1 aromatic rings. The van der Waals surface area contributed by atoms with E-state index in [-0.39, 0.29) is 12.4 Å². The van der Waals surface area contributed by atoms with Crippen LogP contribution in [0.4, 0.5) is 0 Å². The maximum absolute atomic E-state index is 10.7. The zero-order valence-electron chi connectivity index (χ0n) is 7.06. The van der Waals surface area contributed by atoms with Gasteiger partial charge in [0.25, 0.3) is 0 Å². The number of phenolic OH excluding ortho intramolecular Hbond substituents is 1. The largest absolute Gasteiger partial charge is 0.508 e. The average molecular weight is 178 g/mol. The molecule has 0 aliphatic heterocycles. The van der Waals surface area contributed by atoms with Crippen molar-refractivity contribution in [3.63, 3.8) is 0 Å². The standard InChI is InChI=1S/C10H10O3/c1-2-10(12)13-7-8-5-3-4-6-9(8)11/h2-6,11H,1,7H2. The Hall–Kier alpha value is -1.77. The molecule has 3 heteroatoms. The monoisotopic (exact) mass is 178 g/mol. The molecule has 0 aliphatic carbocycles. The first-order valence-corrected chi connectivity index (χ1v) is 3.80. The second-order valence-corrected chi connectivity index (χ2v) is 2.44. The lowest BCUT2D eigenvalue weighted by Gasteiger charge is -2.03. The molecule has 3 nitrogen and oxygen atoms in total. The van der Waals surface area contributed by atoms with Crippen molar-refractivity contribution >= 4 is 5.97 Å². The highest BCUT2D eigenvalue weighted by molar-refractivity contribution is 5.81. The number of esters is 1. The Morgan fingerprint density at radius 1 is 1.54 bits per heavy atom. The van der Waals surface area contributed by atoms with Crippen molar-refractivity contribution in [3.05, 3.63) is 42.5 Å². The molecule has 0 fully saturated rings. The van der Waals surface area contributed by atoms with Gasteiger partial charge in [-0.2, -0.15) is 0 Å². The molecule has 0 amide bonds. The Morgan fingerprint density at radius 3 is 2.85 bits per heavy atom. The van der Waals surface area contributed by atoms with Gasteiger partial charge in [-0.05, 0) is 6.07 Å². The van der Waals surface area contributed by atoms with Crippen molar-refractivity contribution in [1.82, 2.24) is 0 Å². The Kier molecular flexibility index (Phi) is 3.09. The van der Waals surface area contributed by atoms with E-state index in [9.17, 15) is 9.90 Å². The van der Waals surface area contributed by atoms with Crippen molar-refractivity contribution in [2.45, 2.75) is 6.61 Å². The predicted octanol–water partition coefficient (Wildman–Crippen LogP) is 1.62. The number of ether oxygens (including phenoxy) is 1. The first kappa shape index (κ1) is 9.32. The van der Waals surface area contributed by atoms with Gasteiger partial charge >= 0.3 is 5.97 Å². The zero-order valence-corrected chi connectivity index (χ0v) is 7.06. The van der Waals surface area contributed by atoms with Crippen molar-refractivity contribution < 1.29 is 14.6 Å². The van der Waals surface area contributed by atoms with Gasteiger partial charge in [-0.15, -0.1) is 0 Å². The van der Waals surface area contributed by atoms with Gasteiger partial charge in [0, 0.05) is 11.6 Å². The van der Waals surface area contributed by atoms with E-state index in [2.05, 4.69) is 6.58 Å². The molecule has 0 saturated carbocycles. The first-order chi connectivity index (χ1) is 6.24. The summed E-state index contributed by atoms with van der Waals surface area (Å²) in [5.74, 6) is -0.373. The minimum atomic E-state index is -0.497. The molecule has 1 rings (SSSR count). The van der Waals surface area contributed by atoms with Crippen LogP contribution in [0.15, 0.2) is 36.9 Å². The van der Waals surface area contributed by atoms with E-state index in [4.69, 9.17) is 4.74 Å². The topological polar surface area (TPSA) is 46.5 Å². The van der Waals surface area contributed by atoms with E-state index >= 15 is 0 Å². The van der Waals surface area contributed by atoms with Crippen molar-refractivity contribution in [1.29, 1.82) is 0 Å². The van der Waals surface area contributed by atoms with Crippen LogP contribution in [0.3, 0.4) is 0 Å². The van der Waals surface area contributed by atoms with E-state index in [0.717, 1.165) is 6.08 Å². The Bertz CT molecular complexity index is 318. The molecule has 13 heavy (non-hydrogen) atoms. The van der Waals surface area contributed by atoms with Crippen LogP contribution in [0.25, 0.3) is 0 Å². The molecule has 0 spiro atoms. The Morgan fingerprint density at radius 2 is 2.23 bits per heavy atom. The summed E-state index contributed by atoms with van der Waals surface area (Å²) >= 11 is 0. The van der Waals surface area contributed by atoms with Crippen LogP contribution in [0.5, 0.6) is 5.75 Å². The molecule has 0 aromatic heterocycles. The van der Waals surface area contributed by atoms with Gasteiger partial charge in [-0.1, -0.05) is 24.8 Å². The van der Waals surface area contributed by atoms with E-state index in [1.54, 1.807) is 18.2 Å². The van der Waals surface area contributed by atoms with Crippen molar-refractivity contribution in [2.24, 2.45) is 0 Å². The second-order valence-electron chi connectivity index (χ2n) is 2.44. The summed E-state index contributed by atoms with van der Waals surface area (Å²) in [6.07, 6.45) is 1.08. The van der Waals surface area contributed by atoms with Crippen LogP contribution in [-0.4, -0.2) is 11.1 Å². The van der Waals surface area contributed by atoms with Gasteiger partial charge in [0.15, 0.2) is 0 Å². The van der Waals surface area contributed by atoms with Crippen LogP contribution in [0.2, 0.25) is 0 Å². The van der Waals surface area contributed by atoms with Crippen LogP contribution < -0.4 is 0 Å². The van der Waals surface area contributed by atoms with E-state index in [1.807, 2.05) is 0 Å². The normalized spacial score (nSPS) is 9.23. The summed E-state index contributed by atoms with van der Waals surface area (Å²) in [4.78, 5) is 10.7. The van der Waals surface area contributed by atoms with Gasteiger partial charge in [-0.3, -0.25) is 0 Å². The Balaban J connectivity index is 2.59. The van der Waals surface area contributed by atoms with Gasteiger partial charge in [0.1, 0.15) is 12.4 Å². The highest BCUT2D eigenvalue weighted by Gasteiger charge is 2.01. The maximum Gasteiger partial charge on any atom is 0.330 e. The van der Waals surface area contributed by atoms with Crippen LogP contribution in [-0.2, 0) is 16.1 Å².